The van der Waals surface area contributed by atoms with Gasteiger partial charge in [0.2, 0.25) is 10.1 Å². The highest BCUT2D eigenvalue weighted by molar-refractivity contribution is 7.16. The fourth-order valence-electron chi connectivity index (χ4n) is 1.22. The Morgan fingerprint density at radius 1 is 1.53 bits per heavy atom. The van der Waals surface area contributed by atoms with E-state index in [0.29, 0.717) is 13.0 Å². The number of nitrogens with zero attached hydrogens (tertiary/aromatic N) is 5. The first kappa shape index (κ1) is 11.5. The van der Waals surface area contributed by atoms with Crippen molar-refractivity contribution in [1.82, 2.24) is 30.3 Å². The molecule has 2 aromatic heterocycles. The van der Waals surface area contributed by atoms with E-state index in [4.69, 9.17) is 5.73 Å². The molecule has 0 atom stereocenters. The first-order chi connectivity index (χ1) is 8.16. The lowest BCUT2D eigenvalue weighted by Gasteiger charge is -2.01. The molecule has 2 heterocycles. The summed E-state index contributed by atoms with van der Waals surface area (Å²) in [6, 6.07) is 0. The van der Waals surface area contributed by atoms with Crippen LogP contribution in [0.4, 0.5) is 5.13 Å². The largest absolute Gasteiger partial charge is 0.374 e. The Morgan fingerprint density at radius 2 is 2.35 bits per heavy atom. The zero-order valence-corrected chi connectivity index (χ0v) is 9.94. The van der Waals surface area contributed by atoms with Gasteiger partial charge in [0.25, 0.3) is 5.91 Å². The van der Waals surface area contributed by atoms with E-state index >= 15 is 0 Å². The molecule has 0 spiro atoms. The molecule has 17 heavy (non-hydrogen) atoms. The summed E-state index contributed by atoms with van der Waals surface area (Å²) in [5.74, 6) is 0.531. The maximum Gasteiger partial charge on any atom is 0.282 e. The van der Waals surface area contributed by atoms with Crippen LogP contribution < -0.4 is 11.1 Å². The van der Waals surface area contributed by atoms with Crippen LogP contribution in [-0.4, -0.2) is 37.4 Å². The number of carbonyl (C=O) groups excluding carboxylic acids is 1. The molecule has 0 aromatic carbocycles. The Kier molecular flexibility index (Phi) is 3.28. The maximum atomic E-state index is 11.6. The van der Waals surface area contributed by atoms with Crippen LogP contribution in [0.1, 0.15) is 15.6 Å². The number of amides is 1. The van der Waals surface area contributed by atoms with E-state index in [2.05, 4.69) is 25.7 Å². The number of nitrogens with two attached hydrogens (primary N) is 1. The van der Waals surface area contributed by atoms with Crippen molar-refractivity contribution in [2.24, 2.45) is 7.05 Å². The van der Waals surface area contributed by atoms with Gasteiger partial charge in [0.1, 0.15) is 12.2 Å². The van der Waals surface area contributed by atoms with Crippen molar-refractivity contribution < 1.29 is 4.79 Å². The summed E-state index contributed by atoms with van der Waals surface area (Å²) in [7, 11) is 1.85. The molecule has 0 saturated heterocycles. The highest BCUT2D eigenvalue weighted by atomic mass is 32.1. The summed E-state index contributed by atoms with van der Waals surface area (Å²) in [5, 5.41) is 18.1. The monoisotopic (exact) mass is 253 g/mol. The molecule has 1 amide bonds. The normalized spacial score (nSPS) is 10.4. The van der Waals surface area contributed by atoms with Crippen LogP contribution in [0.15, 0.2) is 6.33 Å². The molecular formula is C8H11N7OS. The van der Waals surface area contributed by atoms with Gasteiger partial charge in [-0.25, -0.2) is 0 Å². The third-order valence-corrected chi connectivity index (χ3v) is 2.83. The van der Waals surface area contributed by atoms with Crippen molar-refractivity contribution in [3.8, 4) is 0 Å². The predicted octanol–water partition coefficient (Wildman–Crippen LogP) is -0.779. The van der Waals surface area contributed by atoms with Crippen LogP contribution in [0, 0.1) is 0 Å². The molecule has 0 aliphatic heterocycles. The van der Waals surface area contributed by atoms with Crippen LogP contribution in [0.2, 0.25) is 0 Å². The molecule has 0 radical (unpaired) electrons. The second-order valence-corrected chi connectivity index (χ2v) is 4.32. The first-order valence-corrected chi connectivity index (χ1v) is 5.68. The van der Waals surface area contributed by atoms with Gasteiger partial charge in [-0.3, -0.25) is 4.79 Å². The Hall–Kier alpha value is -2.03. The number of hydrogen-bond donors (Lipinski definition) is 2. The molecule has 0 unspecified atom stereocenters. The minimum atomic E-state index is -0.277. The SMILES string of the molecule is Cn1cnnc1CCNC(=O)c1nnc(N)s1. The van der Waals surface area contributed by atoms with E-state index < -0.39 is 0 Å². The van der Waals surface area contributed by atoms with Gasteiger partial charge in [-0.1, -0.05) is 11.3 Å². The second kappa shape index (κ2) is 4.87. The highest BCUT2D eigenvalue weighted by Crippen LogP contribution is 2.10. The predicted molar refractivity (Wildman–Crippen MR) is 61.4 cm³/mol. The number of nitrogens with one attached hydrogen (secondary N) is 1. The van der Waals surface area contributed by atoms with Crippen molar-refractivity contribution in [1.29, 1.82) is 0 Å². The topological polar surface area (TPSA) is 112 Å². The van der Waals surface area contributed by atoms with E-state index in [1.165, 1.54) is 0 Å². The molecular weight excluding hydrogens is 242 g/mol. The molecule has 0 aliphatic carbocycles. The Bertz CT molecular complexity index is 519. The average molecular weight is 253 g/mol. The van der Waals surface area contributed by atoms with E-state index in [1.54, 1.807) is 10.9 Å². The van der Waals surface area contributed by atoms with Crippen molar-refractivity contribution in [3.05, 3.63) is 17.2 Å². The number of aromatic nitrogens is 5. The van der Waals surface area contributed by atoms with E-state index in [0.717, 1.165) is 17.2 Å². The molecule has 90 valence electrons. The van der Waals surface area contributed by atoms with Crippen LogP contribution in [0.3, 0.4) is 0 Å². The van der Waals surface area contributed by atoms with Crippen LogP contribution in [0.25, 0.3) is 0 Å². The molecule has 0 bridgehead atoms. The molecule has 8 nitrogen and oxygen atoms in total. The van der Waals surface area contributed by atoms with E-state index in [1.807, 2.05) is 7.05 Å². The van der Waals surface area contributed by atoms with Gasteiger partial charge < -0.3 is 15.6 Å². The molecule has 0 saturated carbocycles. The standard InChI is InChI=1S/C8H11N7OS/c1-15-4-11-12-5(15)2-3-10-6(16)7-13-14-8(9)17-7/h4H,2-3H2,1H3,(H2,9,14)(H,10,16). The molecule has 0 fully saturated rings. The zero-order valence-electron chi connectivity index (χ0n) is 9.12. The summed E-state index contributed by atoms with van der Waals surface area (Å²) in [5.41, 5.74) is 5.39. The van der Waals surface area contributed by atoms with Gasteiger partial charge in [0, 0.05) is 20.0 Å². The number of hydrogen-bond acceptors (Lipinski definition) is 7. The summed E-state index contributed by atoms with van der Waals surface area (Å²) in [4.78, 5) is 11.6. The summed E-state index contributed by atoms with van der Waals surface area (Å²) >= 11 is 1.06. The number of carbonyl (C=O) groups is 1. The quantitative estimate of drug-likeness (QED) is 0.739. The maximum absolute atomic E-state index is 11.6. The van der Waals surface area contributed by atoms with Gasteiger partial charge in [-0.05, 0) is 0 Å². The van der Waals surface area contributed by atoms with Gasteiger partial charge in [0.05, 0.1) is 0 Å². The fourth-order valence-corrected chi connectivity index (χ4v) is 1.75. The number of rotatable bonds is 4. The molecule has 3 N–H and O–H groups in total. The Morgan fingerprint density at radius 3 is 2.94 bits per heavy atom. The van der Waals surface area contributed by atoms with Crippen molar-refractivity contribution in [2.75, 3.05) is 12.3 Å². The van der Waals surface area contributed by atoms with Gasteiger partial charge in [0.15, 0.2) is 0 Å². The summed E-state index contributed by atoms with van der Waals surface area (Å²) in [6.45, 7) is 0.463. The minimum Gasteiger partial charge on any atom is -0.374 e. The summed E-state index contributed by atoms with van der Waals surface area (Å²) in [6.07, 6.45) is 2.22. The Balaban J connectivity index is 1.83. The molecule has 9 heteroatoms. The highest BCUT2D eigenvalue weighted by Gasteiger charge is 2.11. The number of nitrogen functional groups attached to an aromatic ring is 1. The van der Waals surface area contributed by atoms with E-state index in [-0.39, 0.29) is 16.0 Å². The van der Waals surface area contributed by atoms with E-state index in [9.17, 15) is 4.79 Å². The third kappa shape index (κ3) is 2.75. The van der Waals surface area contributed by atoms with Gasteiger partial charge in [-0.15, -0.1) is 20.4 Å². The fraction of sp³-hybridized carbons (Fsp3) is 0.375. The summed E-state index contributed by atoms with van der Waals surface area (Å²) < 4.78 is 1.80. The van der Waals surface area contributed by atoms with Crippen LogP contribution >= 0.6 is 11.3 Å². The minimum absolute atomic E-state index is 0.264. The van der Waals surface area contributed by atoms with Gasteiger partial charge in [-0.2, -0.15) is 0 Å². The van der Waals surface area contributed by atoms with Crippen molar-refractivity contribution in [2.45, 2.75) is 6.42 Å². The van der Waals surface area contributed by atoms with Crippen molar-refractivity contribution >= 4 is 22.4 Å². The third-order valence-electron chi connectivity index (χ3n) is 2.07. The smallest absolute Gasteiger partial charge is 0.282 e. The van der Waals surface area contributed by atoms with Crippen LogP contribution in [-0.2, 0) is 13.5 Å². The number of aryl methyl sites for hydroxylation is 1. The van der Waals surface area contributed by atoms with Crippen LogP contribution in [0.5, 0.6) is 0 Å². The molecule has 0 aliphatic rings. The lowest BCUT2D eigenvalue weighted by molar-refractivity contribution is 0.0953. The van der Waals surface area contributed by atoms with Crippen molar-refractivity contribution in [3.63, 3.8) is 0 Å². The van der Waals surface area contributed by atoms with Gasteiger partial charge >= 0.3 is 0 Å². The zero-order chi connectivity index (χ0) is 12.3. The Labute approximate surface area is 101 Å². The molecule has 2 aromatic rings. The lowest BCUT2D eigenvalue weighted by Crippen LogP contribution is -2.26. The first-order valence-electron chi connectivity index (χ1n) is 4.87. The number of anilines is 1. The average Bonchev–Trinajstić information content (AvgIpc) is 2.88. The molecule has 2 rings (SSSR count). The second-order valence-electron chi connectivity index (χ2n) is 3.31. The lowest BCUT2D eigenvalue weighted by atomic mass is 10.4.